The summed E-state index contributed by atoms with van der Waals surface area (Å²) in [7, 11) is 3.39. The molecule has 0 aliphatic heterocycles. The van der Waals surface area contributed by atoms with Gasteiger partial charge in [-0.3, -0.25) is 9.59 Å². The van der Waals surface area contributed by atoms with Gasteiger partial charge < -0.3 is 19.3 Å². The highest BCUT2D eigenvalue weighted by Gasteiger charge is 2.28. The molecule has 0 aliphatic rings. The van der Waals surface area contributed by atoms with Crippen molar-refractivity contribution in [3.8, 4) is 11.5 Å². The molecule has 226 valence electrons. The molecule has 0 atom stereocenters. The van der Waals surface area contributed by atoms with E-state index in [1.54, 1.807) is 31.1 Å². The molecule has 0 saturated carbocycles. The molecule has 0 aliphatic carbocycles. The quantitative estimate of drug-likeness (QED) is 0.149. The van der Waals surface area contributed by atoms with Gasteiger partial charge in [0.15, 0.2) is 11.5 Å². The molecule has 3 aromatic carbocycles. The smallest absolute Gasteiger partial charge is 0.258 e. The Morgan fingerprint density at radius 3 is 1.64 bits per heavy atom. The van der Waals surface area contributed by atoms with E-state index in [2.05, 4.69) is 48.5 Å². The lowest BCUT2D eigenvalue weighted by atomic mass is 10.0. The number of benzene rings is 3. The molecule has 6 nitrogen and oxygen atoms in total. The average molecular weight is 573 g/mol. The van der Waals surface area contributed by atoms with Gasteiger partial charge in [-0.1, -0.05) is 60.7 Å². The predicted molar refractivity (Wildman–Crippen MR) is 171 cm³/mol. The number of aryl methyl sites for hydroxylation is 2. The normalized spacial score (nSPS) is 10.8. The van der Waals surface area contributed by atoms with Crippen LogP contribution in [-0.2, 0) is 12.8 Å². The largest absolute Gasteiger partial charge is 0.490 e. The third-order valence-corrected chi connectivity index (χ3v) is 7.43. The maximum absolute atomic E-state index is 13.5. The molecule has 0 unspecified atom stereocenters. The van der Waals surface area contributed by atoms with E-state index in [1.165, 1.54) is 16.0 Å². The summed E-state index contributed by atoms with van der Waals surface area (Å²) in [5, 5.41) is 0. The van der Waals surface area contributed by atoms with E-state index in [-0.39, 0.29) is 17.4 Å². The van der Waals surface area contributed by atoms with Gasteiger partial charge in [-0.05, 0) is 88.5 Å². The molecule has 0 N–H and O–H groups in total. The lowest BCUT2D eigenvalue weighted by Crippen LogP contribution is -2.33. The van der Waals surface area contributed by atoms with Crippen molar-refractivity contribution < 1.29 is 19.1 Å². The van der Waals surface area contributed by atoms with Gasteiger partial charge in [0.05, 0.1) is 24.3 Å². The summed E-state index contributed by atoms with van der Waals surface area (Å²) in [5.41, 5.74) is 3.31. The Hall–Kier alpha value is -3.80. The van der Waals surface area contributed by atoms with Crippen molar-refractivity contribution in [3.05, 3.63) is 95.1 Å². The number of carbonyl (C=O) groups is 2. The molecule has 3 aromatic rings. The standard InChI is InChI=1S/C36H48N2O4/c1-5-38(6-2)35(39)31-25-26-32(41-27-17-9-15-23-29-19-11-7-12-20-29)34(33(31)36(40)37(3)4)42-28-18-10-16-24-30-21-13-8-14-22-30/h7-8,11-14,19-22,25-26H,5-6,9-10,15-18,23-24,27-28H2,1-4H3. The van der Waals surface area contributed by atoms with Gasteiger partial charge in [-0.2, -0.15) is 0 Å². The molecule has 0 saturated heterocycles. The van der Waals surface area contributed by atoms with Crippen LogP contribution in [-0.4, -0.2) is 62.0 Å². The zero-order valence-corrected chi connectivity index (χ0v) is 25.9. The van der Waals surface area contributed by atoms with Gasteiger partial charge in [0.25, 0.3) is 11.8 Å². The predicted octanol–water partition coefficient (Wildman–Crippen LogP) is 7.45. The SMILES string of the molecule is CCN(CC)C(=O)c1ccc(OCCCCCc2ccccc2)c(OCCCCCc2ccccc2)c1C(=O)N(C)C. The minimum atomic E-state index is -0.266. The number of ether oxygens (including phenoxy) is 2. The monoisotopic (exact) mass is 572 g/mol. The summed E-state index contributed by atoms with van der Waals surface area (Å²) in [6.07, 6.45) is 7.99. The van der Waals surface area contributed by atoms with Crippen molar-refractivity contribution >= 4 is 11.8 Å². The first-order valence-electron chi connectivity index (χ1n) is 15.5. The Kier molecular flexibility index (Phi) is 13.9. The first-order valence-corrected chi connectivity index (χ1v) is 15.5. The van der Waals surface area contributed by atoms with Crippen LogP contribution in [0.2, 0.25) is 0 Å². The second-order valence-corrected chi connectivity index (χ2v) is 10.8. The molecule has 6 heteroatoms. The van der Waals surface area contributed by atoms with E-state index in [0.29, 0.717) is 43.4 Å². The molecule has 0 spiro atoms. The van der Waals surface area contributed by atoms with Crippen LogP contribution in [0, 0.1) is 0 Å². The first kappa shape index (κ1) is 32.7. The van der Waals surface area contributed by atoms with Gasteiger partial charge in [-0.15, -0.1) is 0 Å². The summed E-state index contributed by atoms with van der Waals surface area (Å²) in [5.74, 6) is 0.450. The number of hydrogen-bond donors (Lipinski definition) is 0. The summed E-state index contributed by atoms with van der Waals surface area (Å²) in [4.78, 5) is 30.2. The van der Waals surface area contributed by atoms with Crippen LogP contribution < -0.4 is 9.47 Å². The fourth-order valence-corrected chi connectivity index (χ4v) is 4.98. The summed E-state index contributed by atoms with van der Waals surface area (Å²) < 4.78 is 12.5. The van der Waals surface area contributed by atoms with Crippen LogP contribution in [0.25, 0.3) is 0 Å². The lowest BCUT2D eigenvalue weighted by molar-refractivity contribution is 0.0750. The van der Waals surface area contributed by atoms with Crippen LogP contribution in [0.3, 0.4) is 0 Å². The zero-order chi connectivity index (χ0) is 30.2. The maximum atomic E-state index is 13.5. The van der Waals surface area contributed by atoms with Gasteiger partial charge in [0, 0.05) is 27.2 Å². The fraction of sp³-hybridized carbons (Fsp3) is 0.444. The number of nitrogens with zero attached hydrogens (tertiary/aromatic N) is 2. The molecule has 42 heavy (non-hydrogen) atoms. The van der Waals surface area contributed by atoms with Crippen LogP contribution in [0.1, 0.15) is 84.2 Å². The highest BCUT2D eigenvalue weighted by atomic mass is 16.5. The van der Waals surface area contributed by atoms with E-state index >= 15 is 0 Å². The Morgan fingerprint density at radius 2 is 1.14 bits per heavy atom. The minimum Gasteiger partial charge on any atom is -0.490 e. The summed E-state index contributed by atoms with van der Waals surface area (Å²) >= 11 is 0. The van der Waals surface area contributed by atoms with Crippen LogP contribution in [0.15, 0.2) is 72.8 Å². The zero-order valence-electron chi connectivity index (χ0n) is 25.9. The molecule has 3 rings (SSSR count). The third-order valence-electron chi connectivity index (χ3n) is 7.43. The third kappa shape index (κ3) is 9.93. The summed E-state index contributed by atoms with van der Waals surface area (Å²) in [6.45, 7) is 5.96. The van der Waals surface area contributed by atoms with Gasteiger partial charge in [0.1, 0.15) is 0 Å². The van der Waals surface area contributed by atoms with Crippen molar-refractivity contribution in [1.82, 2.24) is 9.80 Å². The Bertz CT molecular complexity index is 1220. The van der Waals surface area contributed by atoms with Crippen molar-refractivity contribution in [2.75, 3.05) is 40.4 Å². The maximum Gasteiger partial charge on any atom is 0.258 e. The Balaban J connectivity index is 1.72. The Labute approximate surface area is 252 Å². The lowest BCUT2D eigenvalue weighted by Gasteiger charge is -2.24. The second kappa shape index (κ2) is 17.9. The van der Waals surface area contributed by atoms with E-state index in [9.17, 15) is 9.59 Å². The van der Waals surface area contributed by atoms with E-state index in [1.807, 2.05) is 26.0 Å². The van der Waals surface area contributed by atoms with Crippen molar-refractivity contribution in [2.24, 2.45) is 0 Å². The number of hydrogen-bond acceptors (Lipinski definition) is 4. The van der Waals surface area contributed by atoms with Crippen molar-refractivity contribution in [1.29, 1.82) is 0 Å². The number of rotatable bonds is 18. The summed E-state index contributed by atoms with van der Waals surface area (Å²) in [6, 6.07) is 24.5. The highest BCUT2D eigenvalue weighted by Crippen LogP contribution is 2.36. The molecule has 0 fully saturated rings. The molecule has 0 bridgehead atoms. The van der Waals surface area contributed by atoms with Crippen molar-refractivity contribution in [2.45, 2.75) is 65.2 Å². The molecule has 0 radical (unpaired) electrons. The molecule has 0 heterocycles. The van der Waals surface area contributed by atoms with Gasteiger partial charge in [-0.25, -0.2) is 0 Å². The van der Waals surface area contributed by atoms with Crippen LogP contribution >= 0.6 is 0 Å². The van der Waals surface area contributed by atoms with E-state index < -0.39 is 0 Å². The van der Waals surface area contributed by atoms with E-state index in [4.69, 9.17) is 9.47 Å². The number of carbonyl (C=O) groups excluding carboxylic acids is 2. The second-order valence-electron chi connectivity index (χ2n) is 10.8. The van der Waals surface area contributed by atoms with Crippen molar-refractivity contribution in [3.63, 3.8) is 0 Å². The van der Waals surface area contributed by atoms with Crippen LogP contribution in [0.4, 0.5) is 0 Å². The molecule has 0 aromatic heterocycles. The van der Waals surface area contributed by atoms with Crippen LogP contribution in [0.5, 0.6) is 11.5 Å². The minimum absolute atomic E-state index is 0.176. The topological polar surface area (TPSA) is 59.1 Å². The van der Waals surface area contributed by atoms with E-state index in [0.717, 1.165) is 51.4 Å². The first-order chi connectivity index (χ1) is 20.5. The molecule has 2 amide bonds. The highest BCUT2D eigenvalue weighted by molar-refractivity contribution is 6.09. The average Bonchev–Trinajstić information content (AvgIpc) is 3.01. The number of unbranched alkanes of at least 4 members (excludes halogenated alkanes) is 4. The fourth-order valence-electron chi connectivity index (χ4n) is 4.98. The van der Waals surface area contributed by atoms with Gasteiger partial charge in [0.2, 0.25) is 0 Å². The number of amides is 2. The van der Waals surface area contributed by atoms with Gasteiger partial charge >= 0.3 is 0 Å². The Morgan fingerprint density at radius 1 is 0.619 bits per heavy atom. The molecular weight excluding hydrogens is 524 g/mol. The molecular formula is C36H48N2O4.